The van der Waals surface area contributed by atoms with Gasteiger partial charge in [0.2, 0.25) is 0 Å². The van der Waals surface area contributed by atoms with E-state index < -0.39 is 0 Å². The Labute approximate surface area is 144 Å². The molecule has 0 spiro atoms. The molecule has 24 heavy (non-hydrogen) atoms. The standard InChI is InChI=1S/C20H28N4/c1-4-16(8-7-15(2)24-13-5-6-14-24)19-20(23-22-19)17-9-11-18(21-3)12-10-17/h4,7-11,18,21-23H,2,5-6,12-14H2,1,3H3/b8-7-,16-4+. The van der Waals surface area contributed by atoms with Crippen LogP contribution in [-0.4, -0.2) is 41.3 Å². The molecule has 1 atom stereocenters. The Balaban J connectivity index is 1.69. The molecule has 0 bridgehead atoms. The van der Waals surface area contributed by atoms with E-state index in [0.29, 0.717) is 6.04 Å². The second kappa shape index (κ2) is 7.58. The lowest BCUT2D eigenvalue weighted by atomic mass is 9.96. The first kappa shape index (κ1) is 16.7. The van der Waals surface area contributed by atoms with Crippen LogP contribution in [0.25, 0.3) is 11.1 Å². The number of rotatable bonds is 6. The van der Waals surface area contributed by atoms with Gasteiger partial charge in [-0.15, -0.1) is 0 Å². The van der Waals surface area contributed by atoms with Gasteiger partial charge in [-0.05, 0) is 50.5 Å². The summed E-state index contributed by atoms with van der Waals surface area (Å²) in [5.41, 5.74) is 5.87. The van der Waals surface area contributed by atoms with E-state index in [1.165, 1.54) is 29.7 Å². The number of allylic oxidation sites excluding steroid dienone is 6. The van der Waals surface area contributed by atoms with Crippen molar-refractivity contribution in [2.45, 2.75) is 32.2 Å². The Morgan fingerprint density at radius 2 is 2.08 bits per heavy atom. The zero-order valence-electron chi connectivity index (χ0n) is 14.7. The van der Waals surface area contributed by atoms with Crippen LogP contribution in [0.1, 0.15) is 37.6 Å². The highest BCUT2D eigenvalue weighted by Gasteiger charge is 2.16. The Bertz CT molecular complexity index is 690. The minimum atomic E-state index is 0.440. The zero-order valence-corrected chi connectivity index (χ0v) is 14.7. The van der Waals surface area contributed by atoms with Crippen LogP contribution in [0.15, 0.2) is 48.7 Å². The molecule has 0 radical (unpaired) electrons. The number of hydrogen-bond acceptors (Lipinski definition) is 2. The van der Waals surface area contributed by atoms with E-state index in [-0.39, 0.29) is 0 Å². The molecular weight excluding hydrogens is 296 g/mol. The number of hydrogen-bond donors (Lipinski definition) is 3. The van der Waals surface area contributed by atoms with Gasteiger partial charge in [-0.25, -0.2) is 0 Å². The van der Waals surface area contributed by atoms with Crippen LogP contribution in [0.4, 0.5) is 0 Å². The summed E-state index contributed by atoms with van der Waals surface area (Å²) in [5, 5.41) is 9.76. The van der Waals surface area contributed by atoms with E-state index in [2.05, 4.69) is 70.4 Å². The molecule has 0 saturated carbocycles. The Kier molecular flexibility index (Phi) is 5.26. The van der Waals surface area contributed by atoms with Crippen molar-refractivity contribution in [3.8, 4) is 0 Å². The molecule has 1 aromatic heterocycles. The van der Waals surface area contributed by atoms with Crippen LogP contribution in [0.5, 0.6) is 0 Å². The summed E-state index contributed by atoms with van der Waals surface area (Å²) in [6, 6.07) is 0.440. The third-order valence-corrected chi connectivity index (χ3v) is 4.89. The van der Waals surface area contributed by atoms with Gasteiger partial charge in [0, 0.05) is 24.8 Å². The Morgan fingerprint density at radius 1 is 1.29 bits per heavy atom. The molecule has 2 heterocycles. The van der Waals surface area contributed by atoms with E-state index in [1.54, 1.807) is 0 Å². The van der Waals surface area contributed by atoms with Crippen molar-refractivity contribution in [2.75, 3.05) is 20.1 Å². The van der Waals surface area contributed by atoms with Gasteiger partial charge >= 0.3 is 0 Å². The lowest BCUT2D eigenvalue weighted by Gasteiger charge is -2.21. The minimum absolute atomic E-state index is 0.440. The molecule has 1 aromatic rings. The normalized spacial score (nSPS) is 21.8. The lowest BCUT2D eigenvalue weighted by Crippen LogP contribution is -2.23. The first-order valence-corrected chi connectivity index (χ1v) is 8.84. The summed E-state index contributed by atoms with van der Waals surface area (Å²) in [4.78, 5) is 2.36. The monoisotopic (exact) mass is 324 g/mol. The minimum Gasteiger partial charge on any atom is -0.372 e. The number of aromatic amines is 2. The van der Waals surface area contributed by atoms with E-state index in [9.17, 15) is 0 Å². The van der Waals surface area contributed by atoms with Gasteiger partial charge in [0.15, 0.2) is 0 Å². The molecule has 4 nitrogen and oxygen atoms in total. The van der Waals surface area contributed by atoms with Crippen molar-refractivity contribution in [2.24, 2.45) is 0 Å². The molecule has 1 unspecified atom stereocenters. The number of likely N-dealkylation sites (tertiary alicyclic amines) is 1. The fourth-order valence-electron chi connectivity index (χ4n) is 3.26. The maximum absolute atomic E-state index is 4.20. The molecule has 128 valence electrons. The van der Waals surface area contributed by atoms with Crippen LogP contribution in [0, 0.1) is 0 Å². The number of aromatic nitrogens is 2. The summed E-state index contributed by atoms with van der Waals surface area (Å²) in [6.45, 7) is 8.54. The van der Waals surface area contributed by atoms with E-state index >= 15 is 0 Å². The summed E-state index contributed by atoms with van der Waals surface area (Å²) in [6.07, 6.45) is 16.7. The second-order valence-electron chi connectivity index (χ2n) is 6.41. The molecule has 2 aliphatic rings. The van der Waals surface area contributed by atoms with Gasteiger partial charge in [-0.3, -0.25) is 10.2 Å². The molecule has 1 aliphatic heterocycles. The SMILES string of the molecule is C=C(/C=C\C(=C/C)c1[nH][nH]c1C1=CCC(NC)C=C1)N1CCCC1. The van der Waals surface area contributed by atoms with Gasteiger partial charge in [0.1, 0.15) is 0 Å². The van der Waals surface area contributed by atoms with Crippen molar-refractivity contribution in [3.63, 3.8) is 0 Å². The first-order chi connectivity index (χ1) is 11.7. The van der Waals surface area contributed by atoms with Crippen LogP contribution < -0.4 is 5.32 Å². The van der Waals surface area contributed by atoms with Crippen molar-refractivity contribution in [3.05, 3.63) is 60.1 Å². The van der Waals surface area contributed by atoms with E-state index in [1.807, 2.05) is 7.05 Å². The van der Waals surface area contributed by atoms with Crippen molar-refractivity contribution >= 4 is 11.1 Å². The largest absolute Gasteiger partial charge is 0.372 e. The Morgan fingerprint density at radius 3 is 2.62 bits per heavy atom. The van der Waals surface area contributed by atoms with Gasteiger partial charge < -0.3 is 10.2 Å². The van der Waals surface area contributed by atoms with Gasteiger partial charge in [-0.1, -0.05) is 37.0 Å². The van der Waals surface area contributed by atoms with Crippen molar-refractivity contribution in [1.82, 2.24) is 20.4 Å². The van der Waals surface area contributed by atoms with Gasteiger partial charge in [-0.2, -0.15) is 0 Å². The highest BCUT2D eigenvalue weighted by Crippen LogP contribution is 2.28. The molecule has 1 fully saturated rings. The quantitative estimate of drug-likeness (QED) is 0.696. The average Bonchev–Trinajstić information content (AvgIpc) is 3.12. The number of nitrogens with one attached hydrogen (secondary N) is 3. The predicted octanol–water partition coefficient (Wildman–Crippen LogP) is 3.84. The molecule has 4 heteroatoms. The summed E-state index contributed by atoms with van der Waals surface area (Å²) < 4.78 is 0. The maximum Gasteiger partial charge on any atom is 0.0864 e. The van der Waals surface area contributed by atoms with Crippen molar-refractivity contribution < 1.29 is 0 Å². The summed E-state index contributed by atoms with van der Waals surface area (Å²) in [5.74, 6) is 0. The van der Waals surface area contributed by atoms with Gasteiger partial charge in [0.05, 0.1) is 11.4 Å². The molecule has 1 aliphatic carbocycles. The highest BCUT2D eigenvalue weighted by molar-refractivity contribution is 5.84. The molecule has 1 saturated heterocycles. The fourth-order valence-corrected chi connectivity index (χ4v) is 3.26. The summed E-state index contributed by atoms with van der Waals surface area (Å²) in [7, 11) is 2.00. The third-order valence-electron chi connectivity index (χ3n) is 4.89. The number of H-pyrrole nitrogens is 2. The number of nitrogens with zero attached hydrogens (tertiary/aromatic N) is 1. The molecular formula is C20H28N4. The second-order valence-corrected chi connectivity index (χ2v) is 6.41. The molecule has 3 N–H and O–H groups in total. The topological polar surface area (TPSA) is 46.9 Å². The van der Waals surface area contributed by atoms with E-state index in [0.717, 1.165) is 30.9 Å². The first-order valence-electron chi connectivity index (χ1n) is 8.84. The van der Waals surface area contributed by atoms with Crippen LogP contribution in [0.3, 0.4) is 0 Å². The van der Waals surface area contributed by atoms with Gasteiger partial charge in [0.25, 0.3) is 0 Å². The fraction of sp³-hybridized carbons (Fsp3) is 0.400. The van der Waals surface area contributed by atoms with Crippen LogP contribution >= 0.6 is 0 Å². The predicted molar refractivity (Wildman–Crippen MR) is 102 cm³/mol. The van der Waals surface area contributed by atoms with Crippen LogP contribution in [-0.2, 0) is 0 Å². The molecule has 3 rings (SSSR count). The van der Waals surface area contributed by atoms with Crippen molar-refractivity contribution in [1.29, 1.82) is 0 Å². The number of likely N-dealkylation sites (N-methyl/N-ethyl adjacent to an activating group) is 1. The average molecular weight is 324 g/mol. The van der Waals surface area contributed by atoms with Crippen LogP contribution in [0.2, 0.25) is 0 Å². The smallest absolute Gasteiger partial charge is 0.0864 e. The molecule has 0 amide bonds. The zero-order chi connectivity index (χ0) is 16.9. The third kappa shape index (κ3) is 3.49. The Hall–Kier alpha value is -2.20. The molecule has 0 aromatic carbocycles. The lowest BCUT2D eigenvalue weighted by molar-refractivity contribution is 0.442. The maximum atomic E-state index is 4.20. The highest BCUT2D eigenvalue weighted by atomic mass is 15.2. The van der Waals surface area contributed by atoms with E-state index in [4.69, 9.17) is 0 Å². The summed E-state index contributed by atoms with van der Waals surface area (Å²) >= 11 is 0.